The van der Waals surface area contributed by atoms with Crippen LogP contribution in [0.25, 0.3) is 0 Å². The fraction of sp³-hybridized carbons (Fsp3) is 0.545. The van der Waals surface area contributed by atoms with Gasteiger partial charge in [-0.1, -0.05) is 13.8 Å². The monoisotopic (exact) mass is 208 g/mol. The molecule has 1 aromatic rings. The molecular weight excluding hydrogens is 192 g/mol. The minimum atomic E-state index is -0.412. The van der Waals surface area contributed by atoms with E-state index in [0.29, 0.717) is 17.4 Å². The molecule has 0 saturated heterocycles. The first kappa shape index (κ1) is 11.6. The van der Waals surface area contributed by atoms with Gasteiger partial charge < -0.3 is 4.74 Å². The highest BCUT2D eigenvalue weighted by molar-refractivity contribution is 5.87. The Labute approximate surface area is 89.7 Å². The number of carbonyl (C=O) groups excluding carboxylic acids is 1. The number of ether oxygens (including phenoxy) is 1. The van der Waals surface area contributed by atoms with Gasteiger partial charge in [-0.2, -0.15) is 0 Å². The smallest absolute Gasteiger partial charge is 0.356 e. The summed E-state index contributed by atoms with van der Waals surface area (Å²) in [5, 5.41) is 0. The Morgan fingerprint density at radius 1 is 1.53 bits per heavy atom. The van der Waals surface area contributed by atoms with Crippen molar-refractivity contribution in [3.05, 3.63) is 23.3 Å². The van der Waals surface area contributed by atoms with Gasteiger partial charge in [-0.3, -0.25) is 0 Å². The highest BCUT2D eigenvalue weighted by Gasteiger charge is 2.13. The van der Waals surface area contributed by atoms with Crippen molar-refractivity contribution in [1.29, 1.82) is 0 Å². The molecule has 0 aliphatic rings. The zero-order valence-corrected chi connectivity index (χ0v) is 9.57. The molecule has 82 valence electrons. The maximum absolute atomic E-state index is 11.3. The Kier molecular flexibility index (Phi) is 3.77. The topological polar surface area (TPSA) is 52.1 Å². The third kappa shape index (κ3) is 2.75. The van der Waals surface area contributed by atoms with E-state index in [0.717, 1.165) is 12.1 Å². The molecule has 4 heteroatoms. The van der Waals surface area contributed by atoms with Gasteiger partial charge in [-0.15, -0.1) is 0 Å². The SMILES string of the molecule is CC[C@H](C)c1cc(C(=O)OC)nc(C)n1. The Bertz CT molecular complexity index is 364. The van der Waals surface area contributed by atoms with E-state index in [1.165, 1.54) is 7.11 Å². The average molecular weight is 208 g/mol. The molecule has 1 rings (SSSR count). The fourth-order valence-corrected chi connectivity index (χ4v) is 1.26. The van der Waals surface area contributed by atoms with Crippen molar-refractivity contribution >= 4 is 5.97 Å². The predicted molar refractivity (Wildman–Crippen MR) is 56.8 cm³/mol. The minimum Gasteiger partial charge on any atom is -0.464 e. The lowest BCUT2D eigenvalue weighted by Crippen LogP contribution is -2.09. The molecule has 0 radical (unpaired) electrons. The molecule has 1 aromatic heterocycles. The molecule has 0 spiro atoms. The van der Waals surface area contributed by atoms with Crippen LogP contribution in [0, 0.1) is 6.92 Å². The number of aromatic nitrogens is 2. The Morgan fingerprint density at radius 3 is 2.73 bits per heavy atom. The van der Waals surface area contributed by atoms with Gasteiger partial charge >= 0.3 is 5.97 Å². The Balaban J connectivity index is 3.10. The predicted octanol–water partition coefficient (Wildman–Crippen LogP) is 2.09. The summed E-state index contributed by atoms with van der Waals surface area (Å²) < 4.78 is 4.63. The molecule has 15 heavy (non-hydrogen) atoms. The largest absolute Gasteiger partial charge is 0.464 e. The van der Waals surface area contributed by atoms with Crippen LogP contribution in [-0.2, 0) is 4.74 Å². The third-order valence-electron chi connectivity index (χ3n) is 2.37. The van der Waals surface area contributed by atoms with Gasteiger partial charge in [-0.05, 0) is 25.3 Å². The van der Waals surface area contributed by atoms with Crippen LogP contribution in [-0.4, -0.2) is 23.0 Å². The lowest BCUT2D eigenvalue weighted by molar-refractivity contribution is 0.0593. The normalized spacial score (nSPS) is 12.3. The molecule has 0 amide bonds. The van der Waals surface area contributed by atoms with Crippen molar-refractivity contribution in [2.75, 3.05) is 7.11 Å². The van der Waals surface area contributed by atoms with E-state index >= 15 is 0 Å². The van der Waals surface area contributed by atoms with E-state index in [-0.39, 0.29) is 0 Å². The van der Waals surface area contributed by atoms with Gasteiger partial charge in [-0.25, -0.2) is 14.8 Å². The van der Waals surface area contributed by atoms with Crippen LogP contribution >= 0.6 is 0 Å². The molecule has 1 heterocycles. The standard InChI is InChI=1S/C11H16N2O2/c1-5-7(2)9-6-10(11(14)15-4)13-8(3)12-9/h6-7H,5H2,1-4H3/t7-/m0/s1. The first-order valence-electron chi connectivity index (χ1n) is 5.02. The first-order chi connectivity index (χ1) is 7.08. The molecule has 0 unspecified atom stereocenters. The van der Waals surface area contributed by atoms with Crippen LogP contribution in [0.1, 0.15) is 48.2 Å². The lowest BCUT2D eigenvalue weighted by Gasteiger charge is -2.09. The summed E-state index contributed by atoms with van der Waals surface area (Å²) in [4.78, 5) is 19.7. The fourth-order valence-electron chi connectivity index (χ4n) is 1.26. The summed E-state index contributed by atoms with van der Waals surface area (Å²) in [5.41, 5.74) is 1.23. The summed E-state index contributed by atoms with van der Waals surface area (Å²) in [6, 6.07) is 1.70. The quantitative estimate of drug-likeness (QED) is 0.714. The van der Waals surface area contributed by atoms with Crippen molar-refractivity contribution in [2.45, 2.75) is 33.1 Å². The maximum Gasteiger partial charge on any atom is 0.356 e. The number of carbonyl (C=O) groups is 1. The minimum absolute atomic E-state index is 0.329. The molecule has 0 aliphatic carbocycles. The second-order valence-electron chi connectivity index (χ2n) is 3.53. The zero-order chi connectivity index (χ0) is 11.4. The third-order valence-corrected chi connectivity index (χ3v) is 2.37. The van der Waals surface area contributed by atoms with Crippen molar-refractivity contribution in [1.82, 2.24) is 9.97 Å². The number of aryl methyl sites for hydroxylation is 1. The summed E-state index contributed by atoms with van der Waals surface area (Å²) >= 11 is 0. The van der Waals surface area contributed by atoms with Gasteiger partial charge in [0.05, 0.1) is 7.11 Å². The Hall–Kier alpha value is -1.45. The van der Waals surface area contributed by atoms with E-state index in [1.54, 1.807) is 13.0 Å². The summed E-state index contributed by atoms with van der Waals surface area (Å²) in [6.07, 6.45) is 0.983. The molecular formula is C11H16N2O2. The number of hydrogen-bond acceptors (Lipinski definition) is 4. The second kappa shape index (κ2) is 4.87. The molecule has 0 saturated carbocycles. The van der Waals surface area contributed by atoms with E-state index in [1.807, 2.05) is 0 Å². The average Bonchev–Trinajstić information content (AvgIpc) is 2.26. The molecule has 4 nitrogen and oxygen atoms in total. The molecule has 0 aromatic carbocycles. The van der Waals surface area contributed by atoms with Crippen LogP contribution in [0.5, 0.6) is 0 Å². The van der Waals surface area contributed by atoms with Crippen molar-refractivity contribution in [3.63, 3.8) is 0 Å². The van der Waals surface area contributed by atoms with E-state index in [9.17, 15) is 4.79 Å². The molecule has 0 fully saturated rings. The van der Waals surface area contributed by atoms with Gasteiger partial charge in [0.25, 0.3) is 0 Å². The van der Waals surface area contributed by atoms with Crippen LogP contribution in [0.15, 0.2) is 6.07 Å². The van der Waals surface area contributed by atoms with E-state index < -0.39 is 5.97 Å². The van der Waals surface area contributed by atoms with Crippen molar-refractivity contribution in [3.8, 4) is 0 Å². The Morgan fingerprint density at radius 2 is 2.20 bits per heavy atom. The van der Waals surface area contributed by atoms with Gasteiger partial charge in [0.15, 0.2) is 5.69 Å². The highest BCUT2D eigenvalue weighted by Crippen LogP contribution is 2.17. The van der Waals surface area contributed by atoms with E-state index in [2.05, 4.69) is 28.6 Å². The van der Waals surface area contributed by atoms with Crippen molar-refractivity contribution in [2.24, 2.45) is 0 Å². The zero-order valence-electron chi connectivity index (χ0n) is 9.57. The first-order valence-corrected chi connectivity index (χ1v) is 5.02. The molecule has 0 aliphatic heterocycles. The van der Waals surface area contributed by atoms with Crippen LogP contribution < -0.4 is 0 Å². The summed E-state index contributed by atoms with van der Waals surface area (Å²) in [6.45, 7) is 5.93. The lowest BCUT2D eigenvalue weighted by atomic mass is 10.0. The van der Waals surface area contributed by atoms with Gasteiger partial charge in [0, 0.05) is 5.69 Å². The number of hydrogen-bond donors (Lipinski definition) is 0. The number of esters is 1. The number of nitrogens with zero attached hydrogens (tertiary/aromatic N) is 2. The maximum atomic E-state index is 11.3. The second-order valence-corrected chi connectivity index (χ2v) is 3.53. The van der Waals surface area contributed by atoms with Gasteiger partial charge in [0.2, 0.25) is 0 Å². The summed E-state index contributed by atoms with van der Waals surface area (Å²) in [5.74, 6) is 0.522. The molecule has 0 N–H and O–H groups in total. The van der Waals surface area contributed by atoms with Crippen molar-refractivity contribution < 1.29 is 9.53 Å². The molecule has 1 atom stereocenters. The van der Waals surface area contributed by atoms with E-state index in [4.69, 9.17) is 0 Å². The van der Waals surface area contributed by atoms with Crippen LogP contribution in [0.3, 0.4) is 0 Å². The summed E-state index contributed by atoms with van der Waals surface area (Å²) in [7, 11) is 1.35. The number of methoxy groups -OCH3 is 1. The highest BCUT2D eigenvalue weighted by atomic mass is 16.5. The number of rotatable bonds is 3. The van der Waals surface area contributed by atoms with Crippen LogP contribution in [0.2, 0.25) is 0 Å². The van der Waals surface area contributed by atoms with Crippen LogP contribution in [0.4, 0.5) is 0 Å². The molecule has 0 bridgehead atoms. The van der Waals surface area contributed by atoms with Gasteiger partial charge in [0.1, 0.15) is 5.82 Å².